The van der Waals surface area contributed by atoms with E-state index in [0.717, 1.165) is 6.29 Å². The number of rotatable bonds is 1. The van der Waals surface area contributed by atoms with Gasteiger partial charge in [-0.3, -0.25) is 4.79 Å². The number of carbonyl (C=O) groups excluding carboxylic acids is 1. The van der Waals surface area contributed by atoms with Crippen LogP contribution in [-0.2, 0) is 0 Å². The van der Waals surface area contributed by atoms with Gasteiger partial charge in [0, 0.05) is 5.56 Å². The molecule has 0 fully saturated rings. The van der Waals surface area contributed by atoms with Crippen LogP contribution in [0.4, 0.5) is 0 Å². The minimum atomic E-state index is 0. The minimum absolute atomic E-state index is 0. The molecule has 10 heavy (non-hydrogen) atoms. The number of halogens is 2. The predicted molar refractivity (Wildman–Crippen MR) is 52.3 cm³/mol. The van der Waals surface area contributed by atoms with E-state index in [9.17, 15) is 4.79 Å². The summed E-state index contributed by atoms with van der Waals surface area (Å²) in [7, 11) is 0. The third kappa shape index (κ3) is 2.27. The number of hydrogen-bond donors (Lipinski definition) is 0. The van der Waals surface area contributed by atoms with Crippen molar-refractivity contribution >= 4 is 41.9 Å². The lowest BCUT2D eigenvalue weighted by Gasteiger charge is -1.90. The maximum Gasteiger partial charge on any atom is 0.151 e. The zero-order valence-electron chi connectivity index (χ0n) is 5.08. The van der Waals surface area contributed by atoms with Gasteiger partial charge >= 0.3 is 0 Å². The quantitative estimate of drug-likeness (QED) is 0.565. The van der Waals surface area contributed by atoms with Crippen molar-refractivity contribution in [1.29, 1.82) is 0 Å². The van der Waals surface area contributed by atoms with Crippen molar-refractivity contribution in [3.63, 3.8) is 0 Å². The maximum absolute atomic E-state index is 10.1. The third-order valence-corrected chi connectivity index (χ3v) is 1.38. The molecule has 0 spiro atoms. The number of benzene rings is 1. The Balaban J connectivity index is 0.000000810. The van der Waals surface area contributed by atoms with Crippen LogP contribution in [-0.4, -0.2) is 6.29 Å². The molecule has 0 atom stereocenters. The van der Waals surface area contributed by atoms with Crippen molar-refractivity contribution in [3.8, 4) is 0 Å². The monoisotopic (exact) mass is 268 g/mol. The Morgan fingerprint density at radius 3 is 2.30 bits per heavy atom. The van der Waals surface area contributed by atoms with E-state index in [0.29, 0.717) is 10.6 Å². The molecular formula is C7H6ClIO. The molecule has 1 aromatic rings. The predicted octanol–water partition coefficient (Wildman–Crippen LogP) is 2.77. The second-order valence-corrected chi connectivity index (χ2v) is 2.05. The van der Waals surface area contributed by atoms with Gasteiger partial charge in [-0.05, 0) is 6.07 Å². The summed E-state index contributed by atoms with van der Waals surface area (Å²) in [6.07, 6.45) is 0.738. The summed E-state index contributed by atoms with van der Waals surface area (Å²) in [5.41, 5.74) is 0.541. The lowest BCUT2D eigenvalue weighted by Crippen LogP contribution is -1.77. The number of hydrogen-bond acceptors (Lipinski definition) is 1. The molecule has 3 heteroatoms. The van der Waals surface area contributed by atoms with E-state index >= 15 is 0 Å². The van der Waals surface area contributed by atoms with Gasteiger partial charge in [0.05, 0.1) is 5.02 Å². The zero-order valence-corrected chi connectivity index (χ0v) is 8.17. The molecule has 0 aromatic heterocycles. The molecule has 0 saturated carbocycles. The van der Waals surface area contributed by atoms with Crippen LogP contribution in [0.1, 0.15) is 10.4 Å². The van der Waals surface area contributed by atoms with Crippen LogP contribution in [0.25, 0.3) is 0 Å². The first-order valence-corrected chi connectivity index (χ1v) is 2.92. The lowest BCUT2D eigenvalue weighted by atomic mass is 10.2. The molecule has 0 radical (unpaired) electrons. The van der Waals surface area contributed by atoms with Crippen LogP contribution >= 0.6 is 35.6 Å². The molecule has 1 rings (SSSR count). The fraction of sp³-hybridized carbons (Fsp3) is 0. The van der Waals surface area contributed by atoms with E-state index in [2.05, 4.69) is 0 Å². The largest absolute Gasteiger partial charge is 0.298 e. The SMILES string of the molecule is I.O=Cc1ccccc1Cl. The average Bonchev–Trinajstić information content (AvgIpc) is 1.89. The summed E-state index contributed by atoms with van der Waals surface area (Å²) < 4.78 is 0. The molecule has 0 saturated heterocycles. The zero-order chi connectivity index (χ0) is 6.69. The molecule has 54 valence electrons. The van der Waals surface area contributed by atoms with Crippen LogP contribution in [0.2, 0.25) is 5.02 Å². The molecule has 1 aromatic carbocycles. The van der Waals surface area contributed by atoms with E-state index in [4.69, 9.17) is 11.6 Å². The molecule has 0 amide bonds. The molecule has 0 aliphatic heterocycles. The van der Waals surface area contributed by atoms with E-state index in [-0.39, 0.29) is 24.0 Å². The Kier molecular flexibility index (Phi) is 4.64. The van der Waals surface area contributed by atoms with Crippen molar-refractivity contribution in [3.05, 3.63) is 34.9 Å². The standard InChI is InChI=1S/C7H5ClO.HI/c8-7-4-2-1-3-6(7)5-9;/h1-5H;1H. The van der Waals surface area contributed by atoms with Crippen molar-refractivity contribution in [2.24, 2.45) is 0 Å². The molecule has 0 unspecified atom stereocenters. The maximum atomic E-state index is 10.1. The molecule has 0 aliphatic carbocycles. The highest BCUT2D eigenvalue weighted by atomic mass is 127. The summed E-state index contributed by atoms with van der Waals surface area (Å²) in [6.45, 7) is 0. The highest BCUT2D eigenvalue weighted by molar-refractivity contribution is 14.0. The molecule has 0 aliphatic rings. The van der Waals surface area contributed by atoms with Crippen LogP contribution < -0.4 is 0 Å². The van der Waals surface area contributed by atoms with E-state index in [1.165, 1.54) is 0 Å². The molecule has 0 heterocycles. The summed E-state index contributed by atoms with van der Waals surface area (Å²) in [6, 6.07) is 6.92. The first kappa shape index (κ1) is 9.91. The normalized spacial score (nSPS) is 8.10. The Bertz CT molecular complexity index is 225. The molecule has 1 nitrogen and oxygen atoms in total. The second kappa shape index (κ2) is 4.68. The molecule has 0 N–H and O–H groups in total. The molecular weight excluding hydrogens is 262 g/mol. The van der Waals surface area contributed by atoms with Gasteiger partial charge in [-0.25, -0.2) is 0 Å². The summed E-state index contributed by atoms with van der Waals surface area (Å²) in [4.78, 5) is 10.1. The van der Waals surface area contributed by atoms with E-state index < -0.39 is 0 Å². The Labute approximate surface area is 81.4 Å². The van der Waals surface area contributed by atoms with Gasteiger partial charge < -0.3 is 0 Å². The number of aldehydes is 1. The average molecular weight is 268 g/mol. The summed E-state index contributed by atoms with van der Waals surface area (Å²) in [5.74, 6) is 0. The second-order valence-electron chi connectivity index (χ2n) is 1.64. The van der Waals surface area contributed by atoms with Crippen molar-refractivity contribution in [2.75, 3.05) is 0 Å². The lowest BCUT2D eigenvalue weighted by molar-refractivity contribution is 0.112. The first-order valence-electron chi connectivity index (χ1n) is 2.54. The van der Waals surface area contributed by atoms with Gasteiger partial charge in [0.2, 0.25) is 0 Å². The fourth-order valence-electron chi connectivity index (χ4n) is 0.571. The summed E-state index contributed by atoms with van der Waals surface area (Å²) >= 11 is 5.59. The van der Waals surface area contributed by atoms with Gasteiger partial charge in [-0.2, -0.15) is 0 Å². The fourth-order valence-corrected chi connectivity index (χ4v) is 0.751. The van der Waals surface area contributed by atoms with E-state index in [1.54, 1.807) is 24.3 Å². The van der Waals surface area contributed by atoms with Crippen LogP contribution in [0.3, 0.4) is 0 Å². The van der Waals surface area contributed by atoms with Gasteiger partial charge in [0.1, 0.15) is 0 Å². The highest BCUT2D eigenvalue weighted by Crippen LogP contribution is 2.11. The van der Waals surface area contributed by atoms with Crippen molar-refractivity contribution in [2.45, 2.75) is 0 Å². The minimum Gasteiger partial charge on any atom is -0.298 e. The van der Waals surface area contributed by atoms with Crippen LogP contribution in [0, 0.1) is 0 Å². The summed E-state index contributed by atoms with van der Waals surface area (Å²) in [5, 5.41) is 0.507. The Hall–Kier alpha value is -0.0900. The molecule has 0 bridgehead atoms. The highest BCUT2D eigenvalue weighted by Gasteiger charge is 1.92. The third-order valence-electron chi connectivity index (χ3n) is 1.03. The van der Waals surface area contributed by atoms with E-state index in [1.807, 2.05) is 0 Å². The smallest absolute Gasteiger partial charge is 0.151 e. The first-order chi connectivity index (χ1) is 4.34. The Morgan fingerprint density at radius 1 is 1.30 bits per heavy atom. The van der Waals surface area contributed by atoms with Crippen LogP contribution in [0.15, 0.2) is 24.3 Å². The van der Waals surface area contributed by atoms with Gasteiger partial charge in [0.25, 0.3) is 0 Å². The van der Waals surface area contributed by atoms with Crippen LogP contribution in [0.5, 0.6) is 0 Å². The van der Waals surface area contributed by atoms with Crippen molar-refractivity contribution in [1.82, 2.24) is 0 Å². The topological polar surface area (TPSA) is 17.1 Å². The Morgan fingerprint density at radius 2 is 1.90 bits per heavy atom. The van der Waals surface area contributed by atoms with Gasteiger partial charge in [-0.1, -0.05) is 29.8 Å². The van der Waals surface area contributed by atoms with Gasteiger partial charge in [-0.15, -0.1) is 24.0 Å². The number of carbonyl (C=O) groups is 1. The van der Waals surface area contributed by atoms with Crippen molar-refractivity contribution < 1.29 is 4.79 Å². The van der Waals surface area contributed by atoms with Gasteiger partial charge in [0.15, 0.2) is 6.29 Å².